The summed E-state index contributed by atoms with van der Waals surface area (Å²) in [6.07, 6.45) is 0. The van der Waals surface area contributed by atoms with E-state index in [-0.39, 0.29) is 24.0 Å². The van der Waals surface area contributed by atoms with Crippen LogP contribution < -0.4 is 10.0 Å². The van der Waals surface area contributed by atoms with Gasteiger partial charge in [0.1, 0.15) is 0 Å². The van der Waals surface area contributed by atoms with Crippen LogP contribution in [0.5, 0.6) is 0 Å². The number of hydrogen-bond acceptors (Lipinski definition) is 5. The molecular formula is C18H31N3O4S. The molecule has 0 saturated heterocycles. The Bertz CT molecular complexity index is 667. The van der Waals surface area contributed by atoms with Crippen molar-refractivity contribution in [1.29, 1.82) is 0 Å². The molecular weight excluding hydrogens is 354 g/mol. The molecule has 0 unspecified atom stereocenters. The van der Waals surface area contributed by atoms with E-state index < -0.39 is 10.0 Å². The molecule has 0 atom stereocenters. The number of sulfonamides is 1. The number of amides is 1. The third-order valence-electron chi connectivity index (χ3n) is 3.99. The molecule has 26 heavy (non-hydrogen) atoms. The quantitative estimate of drug-likeness (QED) is 0.563. The first-order valence-corrected chi connectivity index (χ1v) is 10.3. The Morgan fingerprint density at radius 2 is 1.81 bits per heavy atom. The summed E-state index contributed by atoms with van der Waals surface area (Å²) in [5.74, 6) is -0.286. The van der Waals surface area contributed by atoms with Crippen molar-refractivity contribution in [2.75, 3.05) is 33.4 Å². The normalized spacial score (nSPS) is 12.2. The topological polar surface area (TPSA) is 87.7 Å². The number of carbonyl (C=O) groups excluding carboxylic acids is 1. The van der Waals surface area contributed by atoms with E-state index in [9.17, 15) is 13.2 Å². The van der Waals surface area contributed by atoms with E-state index in [2.05, 4.69) is 42.6 Å². The van der Waals surface area contributed by atoms with Gasteiger partial charge in [0.15, 0.2) is 0 Å². The molecule has 8 heteroatoms. The van der Waals surface area contributed by atoms with Crippen LogP contribution in [-0.2, 0) is 14.8 Å². The van der Waals surface area contributed by atoms with Crippen LogP contribution in [0, 0.1) is 0 Å². The van der Waals surface area contributed by atoms with Gasteiger partial charge in [-0.3, -0.25) is 9.69 Å². The SMILES string of the molecule is COCCNS(=O)(=O)c1cccc(C(=O)NCCN(C(C)C)C(C)C)c1. The molecule has 1 aromatic rings. The predicted octanol–water partition coefficient (Wildman–Crippen LogP) is 1.46. The molecule has 0 aliphatic heterocycles. The second-order valence-corrected chi connectivity index (χ2v) is 8.37. The molecule has 0 fully saturated rings. The molecule has 0 aromatic heterocycles. The molecule has 0 aliphatic rings. The molecule has 0 saturated carbocycles. The maximum Gasteiger partial charge on any atom is 0.251 e. The standard InChI is InChI=1S/C18H31N3O4S/c1-14(2)21(15(3)4)11-9-19-18(22)16-7-6-8-17(13-16)26(23,24)20-10-12-25-5/h6-8,13-15,20H,9-12H2,1-5H3,(H,19,22). The van der Waals surface area contributed by atoms with Crippen LogP contribution in [0.1, 0.15) is 38.1 Å². The zero-order chi connectivity index (χ0) is 19.7. The number of hydrogen-bond donors (Lipinski definition) is 2. The third kappa shape index (κ3) is 7.03. The van der Waals surface area contributed by atoms with Gasteiger partial charge < -0.3 is 10.1 Å². The van der Waals surface area contributed by atoms with Gasteiger partial charge in [0.05, 0.1) is 11.5 Å². The zero-order valence-electron chi connectivity index (χ0n) is 16.3. The summed E-state index contributed by atoms with van der Waals surface area (Å²) in [4.78, 5) is 14.7. The van der Waals surface area contributed by atoms with Gasteiger partial charge >= 0.3 is 0 Å². The number of methoxy groups -OCH3 is 1. The zero-order valence-corrected chi connectivity index (χ0v) is 17.1. The number of ether oxygens (including phenoxy) is 1. The molecule has 0 radical (unpaired) electrons. The molecule has 148 valence electrons. The fraction of sp³-hybridized carbons (Fsp3) is 0.611. The second kappa shape index (κ2) is 10.6. The van der Waals surface area contributed by atoms with Gasteiger partial charge in [-0.1, -0.05) is 6.07 Å². The number of carbonyl (C=O) groups is 1. The lowest BCUT2D eigenvalue weighted by Gasteiger charge is -2.30. The van der Waals surface area contributed by atoms with Gasteiger partial charge in [0.2, 0.25) is 10.0 Å². The smallest absolute Gasteiger partial charge is 0.251 e. The summed E-state index contributed by atoms with van der Waals surface area (Å²) < 4.78 is 31.7. The predicted molar refractivity (Wildman–Crippen MR) is 103 cm³/mol. The first-order chi connectivity index (χ1) is 12.2. The van der Waals surface area contributed by atoms with Crippen LogP contribution in [0.4, 0.5) is 0 Å². The molecule has 0 spiro atoms. The van der Waals surface area contributed by atoms with E-state index in [1.807, 2.05) is 0 Å². The number of nitrogens with one attached hydrogen (secondary N) is 2. The Labute approximate surface area is 157 Å². The van der Waals surface area contributed by atoms with E-state index in [4.69, 9.17) is 4.74 Å². The molecule has 0 aliphatic carbocycles. The van der Waals surface area contributed by atoms with E-state index in [1.165, 1.54) is 19.2 Å². The van der Waals surface area contributed by atoms with Crippen molar-refractivity contribution in [3.8, 4) is 0 Å². The van der Waals surface area contributed by atoms with Gasteiger partial charge in [-0.15, -0.1) is 0 Å². The maximum atomic E-state index is 12.3. The van der Waals surface area contributed by atoms with E-state index in [1.54, 1.807) is 12.1 Å². The molecule has 1 rings (SSSR count). The first kappa shape index (κ1) is 22.6. The van der Waals surface area contributed by atoms with E-state index in [0.29, 0.717) is 24.2 Å². The highest BCUT2D eigenvalue weighted by Crippen LogP contribution is 2.11. The first-order valence-electron chi connectivity index (χ1n) is 8.81. The number of benzene rings is 1. The van der Waals surface area contributed by atoms with Crippen molar-refractivity contribution in [3.05, 3.63) is 29.8 Å². The Kier molecular flexibility index (Phi) is 9.21. The Hall–Kier alpha value is -1.48. The van der Waals surface area contributed by atoms with Crippen molar-refractivity contribution in [2.45, 2.75) is 44.7 Å². The third-order valence-corrected chi connectivity index (χ3v) is 5.45. The number of nitrogens with zero attached hydrogens (tertiary/aromatic N) is 1. The minimum Gasteiger partial charge on any atom is -0.383 e. The van der Waals surface area contributed by atoms with Crippen LogP contribution in [0.25, 0.3) is 0 Å². The van der Waals surface area contributed by atoms with Gasteiger partial charge in [-0.05, 0) is 45.9 Å². The van der Waals surface area contributed by atoms with Crippen molar-refractivity contribution >= 4 is 15.9 Å². The molecule has 0 heterocycles. The molecule has 2 N–H and O–H groups in total. The van der Waals surface area contributed by atoms with Gasteiger partial charge in [-0.25, -0.2) is 13.1 Å². The summed E-state index contributed by atoms with van der Waals surface area (Å²) in [6, 6.07) is 6.79. The Balaban J connectivity index is 2.71. The van der Waals surface area contributed by atoms with Gasteiger partial charge in [-0.2, -0.15) is 0 Å². The van der Waals surface area contributed by atoms with Crippen LogP contribution in [-0.4, -0.2) is 64.7 Å². The Morgan fingerprint density at radius 3 is 2.38 bits per heavy atom. The average Bonchev–Trinajstić information content (AvgIpc) is 2.58. The summed E-state index contributed by atoms with van der Waals surface area (Å²) in [5, 5.41) is 2.85. The minimum atomic E-state index is -3.66. The number of rotatable bonds is 11. The highest BCUT2D eigenvalue weighted by atomic mass is 32.2. The summed E-state index contributed by atoms with van der Waals surface area (Å²) in [7, 11) is -2.16. The average molecular weight is 386 g/mol. The molecule has 7 nitrogen and oxygen atoms in total. The van der Waals surface area contributed by atoms with E-state index in [0.717, 1.165) is 6.54 Å². The molecule has 0 bridgehead atoms. The largest absolute Gasteiger partial charge is 0.383 e. The summed E-state index contributed by atoms with van der Waals surface area (Å²) >= 11 is 0. The van der Waals surface area contributed by atoms with Crippen LogP contribution in [0.3, 0.4) is 0 Å². The maximum absolute atomic E-state index is 12.3. The van der Waals surface area contributed by atoms with Crippen LogP contribution >= 0.6 is 0 Å². The highest BCUT2D eigenvalue weighted by Gasteiger charge is 2.17. The van der Waals surface area contributed by atoms with Crippen molar-refractivity contribution in [3.63, 3.8) is 0 Å². The second-order valence-electron chi connectivity index (χ2n) is 6.60. The van der Waals surface area contributed by atoms with Crippen LogP contribution in [0.15, 0.2) is 29.2 Å². The monoisotopic (exact) mass is 385 g/mol. The fourth-order valence-corrected chi connectivity index (χ4v) is 3.74. The molecule has 1 aromatic carbocycles. The van der Waals surface area contributed by atoms with Crippen molar-refractivity contribution < 1.29 is 17.9 Å². The van der Waals surface area contributed by atoms with E-state index >= 15 is 0 Å². The lowest BCUT2D eigenvalue weighted by Crippen LogP contribution is -2.42. The summed E-state index contributed by atoms with van der Waals surface area (Å²) in [5.41, 5.74) is 0.320. The lowest BCUT2D eigenvalue weighted by atomic mass is 10.2. The fourth-order valence-electron chi connectivity index (χ4n) is 2.68. The lowest BCUT2D eigenvalue weighted by molar-refractivity contribution is 0.0939. The van der Waals surface area contributed by atoms with Crippen molar-refractivity contribution in [1.82, 2.24) is 14.9 Å². The Morgan fingerprint density at radius 1 is 1.15 bits per heavy atom. The van der Waals surface area contributed by atoms with Crippen molar-refractivity contribution in [2.24, 2.45) is 0 Å². The molecule has 1 amide bonds. The summed E-state index contributed by atoms with van der Waals surface area (Å²) in [6.45, 7) is 10.2. The highest BCUT2D eigenvalue weighted by molar-refractivity contribution is 7.89. The minimum absolute atomic E-state index is 0.0623. The van der Waals surface area contributed by atoms with Gasteiger partial charge in [0.25, 0.3) is 5.91 Å². The van der Waals surface area contributed by atoms with Gasteiger partial charge in [0, 0.05) is 44.4 Å². The van der Waals surface area contributed by atoms with Crippen LogP contribution in [0.2, 0.25) is 0 Å².